The molecular weight excluding hydrogens is 276 g/mol. The van der Waals surface area contributed by atoms with Gasteiger partial charge in [0.25, 0.3) is 0 Å². The van der Waals surface area contributed by atoms with E-state index in [1.165, 1.54) is 29.0 Å². The third kappa shape index (κ3) is 4.08. The van der Waals surface area contributed by atoms with Gasteiger partial charge in [-0.15, -0.1) is 11.3 Å². The Morgan fingerprint density at radius 1 is 1.24 bits per heavy atom. The summed E-state index contributed by atoms with van der Waals surface area (Å²) >= 11 is 1.85. The second-order valence-corrected chi connectivity index (χ2v) is 7.10. The zero-order valence-electron chi connectivity index (χ0n) is 12.9. The van der Waals surface area contributed by atoms with Gasteiger partial charge in [-0.25, -0.2) is 0 Å². The molecule has 1 heterocycles. The van der Waals surface area contributed by atoms with E-state index in [-0.39, 0.29) is 0 Å². The Bertz CT molecular complexity index is 543. The molecule has 1 aliphatic rings. The predicted molar refractivity (Wildman–Crippen MR) is 92.2 cm³/mol. The summed E-state index contributed by atoms with van der Waals surface area (Å²) in [5, 5.41) is 5.72. The number of anilines is 1. The number of rotatable bonds is 7. The van der Waals surface area contributed by atoms with Crippen LogP contribution < -0.4 is 10.2 Å². The highest BCUT2D eigenvalue weighted by Crippen LogP contribution is 2.22. The van der Waals surface area contributed by atoms with Crippen molar-refractivity contribution >= 4 is 17.0 Å². The average Bonchev–Trinajstić information content (AvgIpc) is 3.20. The van der Waals surface area contributed by atoms with Gasteiger partial charge in [-0.2, -0.15) is 0 Å². The SMILES string of the molecule is CC(Cc1cccs1)N(C)c1ccc(CNC2CC2)cc1. The van der Waals surface area contributed by atoms with Gasteiger partial charge in [0.05, 0.1) is 0 Å². The van der Waals surface area contributed by atoms with E-state index in [2.05, 4.69) is 66.0 Å². The first-order valence-corrected chi connectivity index (χ1v) is 8.68. The molecule has 1 saturated carbocycles. The summed E-state index contributed by atoms with van der Waals surface area (Å²) in [6, 6.07) is 14.6. The lowest BCUT2D eigenvalue weighted by molar-refractivity contribution is 0.682. The van der Waals surface area contributed by atoms with E-state index in [0.29, 0.717) is 6.04 Å². The lowest BCUT2D eigenvalue weighted by atomic mass is 10.1. The van der Waals surface area contributed by atoms with Gasteiger partial charge in [0.1, 0.15) is 0 Å². The minimum absolute atomic E-state index is 0.513. The zero-order valence-corrected chi connectivity index (χ0v) is 13.7. The first-order valence-electron chi connectivity index (χ1n) is 7.80. The third-order valence-corrected chi connectivity index (χ3v) is 5.15. The lowest BCUT2D eigenvalue weighted by Crippen LogP contribution is -2.30. The Morgan fingerprint density at radius 2 is 2.00 bits per heavy atom. The number of nitrogens with one attached hydrogen (secondary N) is 1. The molecular formula is C18H24N2S. The standard InChI is InChI=1S/C18H24N2S/c1-14(12-18-4-3-11-21-18)20(2)17-9-5-15(6-10-17)13-19-16-7-8-16/h3-6,9-11,14,16,19H,7-8,12-13H2,1-2H3. The fourth-order valence-electron chi connectivity index (χ4n) is 2.51. The maximum Gasteiger partial charge on any atom is 0.0366 e. The van der Waals surface area contributed by atoms with E-state index < -0.39 is 0 Å². The number of benzene rings is 1. The molecule has 0 aliphatic heterocycles. The molecule has 1 N–H and O–H groups in total. The summed E-state index contributed by atoms with van der Waals surface area (Å²) in [7, 11) is 2.19. The molecule has 0 amide bonds. The van der Waals surface area contributed by atoms with Crippen molar-refractivity contribution in [1.82, 2.24) is 5.32 Å². The lowest BCUT2D eigenvalue weighted by Gasteiger charge is -2.27. The molecule has 0 radical (unpaired) electrons. The molecule has 1 atom stereocenters. The van der Waals surface area contributed by atoms with Crippen LogP contribution in [0, 0.1) is 0 Å². The van der Waals surface area contributed by atoms with Crippen LogP contribution in [-0.2, 0) is 13.0 Å². The van der Waals surface area contributed by atoms with Gasteiger partial charge in [-0.1, -0.05) is 18.2 Å². The fraction of sp³-hybridized carbons (Fsp3) is 0.444. The number of thiophene rings is 1. The fourth-order valence-corrected chi connectivity index (χ4v) is 3.34. The number of hydrogen-bond acceptors (Lipinski definition) is 3. The van der Waals surface area contributed by atoms with Crippen LogP contribution in [0.4, 0.5) is 5.69 Å². The van der Waals surface area contributed by atoms with Crippen molar-refractivity contribution in [3.8, 4) is 0 Å². The van der Waals surface area contributed by atoms with Crippen molar-refractivity contribution in [3.63, 3.8) is 0 Å². The molecule has 1 aromatic carbocycles. The largest absolute Gasteiger partial charge is 0.372 e. The van der Waals surface area contributed by atoms with E-state index in [9.17, 15) is 0 Å². The van der Waals surface area contributed by atoms with Crippen LogP contribution >= 0.6 is 11.3 Å². The Kier molecular flexibility index (Phi) is 4.61. The van der Waals surface area contributed by atoms with Gasteiger partial charge in [-0.05, 0) is 48.9 Å². The van der Waals surface area contributed by atoms with Crippen LogP contribution in [0.2, 0.25) is 0 Å². The quantitative estimate of drug-likeness (QED) is 0.829. The van der Waals surface area contributed by atoms with Crippen LogP contribution in [0.5, 0.6) is 0 Å². The van der Waals surface area contributed by atoms with E-state index in [1.807, 2.05) is 11.3 Å². The van der Waals surface area contributed by atoms with Crippen molar-refractivity contribution in [2.75, 3.05) is 11.9 Å². The van der Waals surface area contributed by atoms with Crippen LogP contribution in [0.15, 0.2) is 41.8 Å². The first kappa shape index (κ1) is 14.6. The summed E-state index contributed by atoms with van der Waals surface area (Å²) in [5.41, 5.74) is 2.68. The molecule has 2 nitrogen and oxygen atoms in total. The Balaban J connectivity index is 1.56. The van der Waals surface area contributed by atoms with Gasteiger partial charge < -0.3 is 10.2 Å². The van der Waals surface area contributed by atoms with Crippen LogP contribution in [0.3, 0.4) is 0 Å². The van der Waals surface area contributed by atoms with E-state index in [1.54, 1.807) is 0 Å². The summed E-state index contributed by atoms with van der Waals surface area (Å²) in [6.45, 7) is 3.29. The van der Waals surface area contributed by atoms with Crippen molar-refractivity contribution in [2.24, 2.45) is 0 Å². The predicted octanol–water partition coefficient (Wildman–Crippen LogP) is 4.07. The monoisotopic (exact) mass is 300 g/mol. The zero-order chi connectivity index (χ0) is 14.7. The van der Waals surface area contributed by atoms with Crippen LogP contribution in [-0.4, -0.2) is 19.1 Å². The van der Waals surface area contributed by atoms with E-state index in [0.717, 1.165) is 19.0 Å². The molecule has 1 fully saturated rings. The molecule has 21 heavy (non-hydrogen) atoms. The van der Waals surface area contributed by atoms with Gasteiger partial charge in [0, 0.05) is 42.7 Å². The van der Waals surface area contributed by atoms with Crippen LogP contribution in [0.25, 0.3) is 0 Å². The molecule has 3 heteroatoms. The van der Waals surface area contributed by atoms with E-state index in [4.69, 9.17) is 0 Å². The minimum atomic E-state index is 0.513. The number of likely N-dealkylation sites (N-methyl/N-ethyl adjacent to an activating group) is 1. The molecule has 1 aliphatic carbocycles. The van der Waals surface area contributed by atoms with Gasteiger partial charge >= 0.3 is 0 Å². The minimum Gasteiger partial charge on any atom is -0.372 e. The molecule has 2 aromatic rings. The molecule has 0 saturated heterocycles. The molecule has 3 rings (SSSR count). The normalized spacial score (nSPS) is 15.9. The van der Waals surface area contributed by atoms with Crippen molar-refractivity contribution < 1.29 is 0 Å². The van der Waals surface area contributed by atoms with E-state index >= 15 is 0 Å². The Morgan fingerprint density at radius 3 is 2.62 bits per heavy atom. The molecule has 1 aromatic heterocycles. The molecule has 112 valence electrons. The smallest absolute Gasteiger partial charge is 0.0366 e. The first-order chi connectivity index (χ1) is 10.2. The maximum atomic E-state index is 3.56. The average molecular weight is 300 g/mol. The van der Waals surface area contributed by atoms with Crippen LogP contribution in [0.1, 0.15) is 30.2 Å². The Hall–Kier alpha value is -1.32. The maximum absolute atomic E-state index is 3.56. The second kappa shape index (κ2) is 6.63. The van der Waals surface area contributed by atoms with Gasteiger partial charge in [0.15, 0.2) is 0 Å². The number of hydrogen-bond donors (Lipinski definition) is 1. The highest BCUT2D eigenvalue weighted by Gasteiger charge is 2.19. The number of nitrogens with zero attached hydrogens (tertiary/aromatic N) is 1. The summed E-state index contributed by atoms with van der Waals surface area (Å²) < 4.78 is 0. The Labute approximate surface area is 131 Å². The van der Waals surface area contributed by atoms with Crippen molar-refractivity contribution in [2.45, 2.75) is 44.8 Å². The molecule has 0 spiro atoms. The molecule has 0 bridgehead atoms. The van der Waals surface area contributed by atoms with Gasteiger partial charge in [-0.3, -0.25) is 0 Å². The van der Waals surface area contributed by atoms with Crippen molar-refractivity contribution in [3.05, 3.63) is 52.2 Å². The topological polar surface area (TPSA) is 15.3 Å². The summed E-state index contributed by atoms with van der Waals surface area (Å²) in [4.78, 5) is 3.83. The van der Waals surface area contributed by atoms with Gasteiger partial charge in [0.2, 0.25) is 0 Å². The second-order valence-electron chi connectivity index (χ2n) is 6.07. The highest BCUT2D eigenvalue weighted by molar-refractivity contribution is 7.09. The molecule has 1 unspecified atom stereocenters. The highest BCUT2D eigenvalue weighted by atomic mass is 32.1. The summed E-state index contributed by atoms with van der Waals surface area (Å²) in [6.07, 6.45) is 3.81. The summed E-state index contributed by atoms with van der Waals surface area (Å²) in [5.74, 6) is 0. The van der Waals surface area contributed by atoms with Crippen molar-refractivity contribution in [1.29, 1.82) is 0 Å². The third-order valence-electron chi connectivity index (χ3n) is 4.25.